The Bertz CT molecular complexity index is 657. The zero-order valence-electron chi connectivity index (χ0n) is 11.1. The fourth-order valence-corrected chi connectivity index (χ4v) is 4.20. The average Bonchev–Trinajstić information content (AvgIpc) is 2.96. The Morgan fingerprint density at radius 1 is 1.42 bits per heavy atom. The number of aromatic amines is 1. The van der Waals surface area contributed by atoms with Crippen LogP contribution in [0.25, 0.3) is 11.2 Å². The Morgan fingerprint density at radius 3 is 2.89 bits per heavy atom. The highest BCUT2D eigenvalue weighted by Gasteiger charge is 2.66. The van der Waals surface area contributed by atoms with Gasteiger partial charge in [-0.2, -0.15) is 0 Å². The molecule has 0 aromatic carbocycles. The molecule has 0 aliphatic heterocycles. The number of rotatable bonds is 1. The Hall–Kier alpha value is -1.78. The molecular formula is C14H16N4O. The normalized spacial score (nSPS) is 32.3. The molecule has 0 spiro atoms. The van der Waals surface area contributed by atoms with Crippen LogP contribution in [0.2, 0.25) is 0 Å². The van der Waals surface area contributed by atoms with Crippen molar-refractivity contribution in [1.82, 2.24) is 19.9 Å². The van der Waals surface area contributed by atoms with Gasteiger partial charge in [-0.05, 0) is 24.2 Å². The van der Waals surface area contributed by atoms with Gasteiger partial charge in [-0.1, -0.05) is 13.8 Å². The Kier molecular flexibility index (Phi) is 1.87. The van der Waals surface area contributed by atoms with E-state index in [0.29, 0.717) is 23.8 Å². The van der Waals surface area contributed by atoms with Crippen LogP contribution in [0.3, 0.4) is 0 Å². The van der Waals surface area contributed by atoms with Gasteiger partial charge in [-0.15, -0.1) is 0 Å². The minimum absolute atomic E-state index is 0.0224. The first kappa shape index (κ1) is 11.1. The minimum atomic E-state index is -0.446. The van der Waals surface area contributed by atoms with Crippen LogP contribution in [0.15, 0.2) is 12.5 Å². The molecular weight excluding hydrogens is 240 g/mol. The molecule has 0 saturated heterocycles. The predicted octanol–water partition coefficient (Wildman–Crippen LogP) is 2.00. The maximum atomic E-state index is 12.6. The molecule has 2 aliphatic carbocycles. The number of Topliss-reactive ketones (excluding diaryl/α,β-unsaturated/α-hetero) is 1. The fraction of sp³-hybridized carbons (Fsp3) is 0.571. The SMILES string of the molecule is CC1(C)C2CCC1(c1nc3ncncc3[nH]1)C(=O)C2. The summed E-state index contributed by atoms with van der Waals surface area (Å²) in [6.07, 6.45) is 5.91. The van der Waals surface area contributed by atoms with Crippen molar-refractivity contribution >= 4 is 16.9 Å². The Balaban J connectivity index is 1.97. The molecule has 2 heterocycles. The largest absolute Gasteiger partial charge is 0.338 e. The van der Waals surface area contributed by atoms with Crippen molar-refractivity contribution in [2.75, 3.05) is 0 Å². The molecule has 2 saturated carbocycles. The monoisotopic (exact) mass is 256 g/mol. The standard InChI is InChI=1S/C14H16N4O/c1-13(2)8-3-4-14(13,10(19)5-8)12-17-9-6-15-7-16-11(9)18-12/h6-8H,3-5H2,1-2H3,(H,15,16,17,18). The second-order valence-corrected chi connectivity index (χ2v) is 6.34. The van der Waals surface area contributed by atoms with Crippen molar-refractivity contribution in [2.45, 2.75) is 38.5 Å². The number of ketones is 1. The van der Waals surface area contributed by atoms with E-state index >= 15 is 0 Å². The zero-order chi connectivity index (χ0) is 13.3. The first-order chi connectivity index (χ1) is 9.05. The molecule has 2 aliphatic rings. The number of nitrogens with zero attached hydrogens (tertiary/aromatic N) is 3. The molecule has 0 amide bonds. The topological polar surface area (TPSA) is 71.5 Å². The van der Waals surface area contributed by atoms with Gasteiger partial charge in [0.05, 0.1) is 11.6 Å². The van der Waals surface area contributed by atoms with Crippen LogP contribution in [0.1, 0.15) is 38.9 Å². The summed E-state index contributed by atoms with van der Waals surface area (Å²) in [6.45, 7) is 4.41. The number of fused-ring (bicyclic) bond motifs is 3. The van der Waals surface area contributed by atoms with E-state index in [-0.39, 0.29) is 5.41 Å². The molecule has 2 atom stereocenters. The van der Waals surface area contributed by atoms with E-state index in [1.54, 1.807) is 6.20 Å². The van der Waals surface area contributed by atoms with Gasteiger partial charge in [-0.3, -0.25) is 4.79 Å². The molecule has 98 valence electrons. The lowest BCUT2D eigenvalue weighted by molar-refractivity contribution is -0.124. The molecule has 4 rings (SSSR count). The van der Waals surface area contributed by atoms with Crippen LogP contribution in [-0.4, -0.2) is 25.7 Å². The van der Waals surface area contributed by atoms with Gasteiger partial charge in [0.25, 0.3) is 0 Å². The van der Waals surface area contributed by atoms with E-state index in [1.165, 1.54) is 6.33 Å². The molecule has 5 heteroatoms. The lowest BCUT2D eigenvalue weighted by Gasteiger charge is -2.34. The van der Waals surface area contributed by atoms with Crippen molar-refractivity contribution in [2.24, 2.45) is 11.3 Å². The first-order valence-electron chi connectivity index (χ1n) is 6.75. The van der Waals surface area contributed by atoms with Crippen molar-refractivity contribution in [3.05, 3.63) is 18.3 Å². The second kappa shape index (κ2) is 3.21. The van der Waals surface area contributed by atoms with E-state index in [1.807, 2.05) is 0 Å². The Morgan fingerprint density at radius 2 is 2.26 bits per heavy atom. The van der Waals surface area contributed by atoms with Gasteiger partial charge in [0.2, 0.25) is 0 Å². The third kappa shape index (κ3) is 1.12. The van der Waals surface area contributed by atoms with E-state index in [0.717, 1.165) is 24.2 Å². The summed E-state index contributed by atoms with van der Waals surface area (Å²) in [5.41, 5.74) is 0.994. The van der Waals surface area contributed by atoms with Gasteiger partial charge in [0.1, 0.15) is 23.5 Å². The summed E-state index contributed by atoms with van der Waals surface area (Å²) in [5.74, 6) is 1.61. The summed E-state index contributed by atoms with van der Waals surface area (Å²) in [4.78, 5) is 28.6. The maximum absolute atomic E-state index is 12.6. The average molecular weight is 256 g/mol. The van der Waals surface area contributed by atoms with Gasteiger partial charge < -0.3 is 4.98 Å². The Labute approximate surface area is 110 Å². The lowest BCUT2D eigenvalue weighted by Crippen LogP contribution is -2.41. The molecule has 5 nitrogen and oxygen atoms in total. The minimum Gasteiger partial charge on any atom is -0.338 e. The van der Waals surface area contributed by atoms with Crippen LogP contribution in [-0.2, 0) is 10.2 Å². The van der Waals surface area contributed by atoms with Gasteiger partial charge >= 0.3 is 0 Å². The maximum Gasteiger partial charge on any atom is 0.180 e. The third-order valence-corrected chi connectivity index (χ3v) is 5.46. The lowest BCUT2D eigenvalue weighted by atomic mass is 9.68. The van der Waals surface area contributed by atoms with E-state index in [4.69, 9.17) is 0 Å². The fourth-order valence-electron chi connectivity index (χ4n) is 4.20. The number of carbonyl (C=O) groups is 1. The number of nitrogens with one attached hydrogen (secondary N) is 1. The second-order valence-electron chi connectivity index (χ2n) is 6.34. The van der Waals surface area contributed by atoms with Gasteiger partial charge in [0.15, 0.2) is 5.65 Å². The quantitative estimate of drug-likeness (QED) is 0.847. The number of carbonyl (C=O) groups excluding carboxylic acids is 1. The summed E-state index contributed by atoms with van der Waals surface area (Å²) < 4.78 is 0. The van der Waals surface area contributed by atoms with Crippen molar-refractivity contribution in [1.29, 1.82) is 0 Å². The van der Waals surface area contributed by atoms with Crippen LogP contribution < -0.4 is 0 Å². The first-order valence-corrected chi connectivity index (χ1v) is 6.75. The molecule has 0 radical (unpaired) electrons. The van der Waals surface area contributed by atoms with Gasteiger partial charge in [0, 0.05) is 6.42 Å². The molecule has 2 aromatic rings. The highest BCUT2D eigenvalue weighted by Crippen LogP contribution is 2.63. The van der Waals surface area contributed by atoms with Gasteiger partial charge in [-0.25, -0.2) is 15.0 Å². The molecule has 2 aromatic heterocycles. The highest BCUT2D eigenvalue weighted by atomic mass is 16.1. The number of hydrogen-bond acceptors (Lipinski definition) is 4. The van der Waals surface area contributed by atoms with E-state index in [9.17, 15) is 4.79 Å². The highest BCUT2D eigenvalue weighted by molar-refractivity contribution is 5.94. The molecule has 2 bridgehead atoms. The van der Waals surface area contributed by atoms with Crippen LogP contribution in [0, 0.1) is 11.3 Å². The van der Waals surface area contributed by atoms with Crippen molar-refractivity contribution < 1.29 is 4.79 Å². The van der Waals surface area contributed by atoms with Crippen LogP contribution in [0.5, 0.6) is 0 Å². The van der Waals surface area contributed by atoms with E-state index in [2.05, 4.69) is 33.8 Å². The summed E-state index contributed by atoms with van der Waals surface area (Å²) in [5, 5.41) is 0. The number of aromatic nitrogens is 4. The number of hydrogen-bond donors (Lipinski definition) is 1. The molecule has 19 heavy (non-hydrogen) atoms. The summed E-state index contributed by atoms with van der Waals surface area (Å²) in [7, 11) is 0. The van der Waals surface area contributed by atoms with Crippen molar-refractivity contribution in [3.63, 3.8) is 0 Å². The molecule has 1 N–H and O–H groups in total. The van der Waals surface area contributed by atoms with Crippen LogP contribution >= 0.6 is 0 Å². The number of imidazole rings is 1. The third-order valence-electron chi connectivity index (χ3n) is 5.46. The number of H-pyrrole nitrogens is 1. The molecule has 2 fully saturated rings. The zero-order valence-corrected chi connectivity index (χ0v) is 11.1. The van der Waals surface area contributed by atoms with Crippen LogP contribution in [0.4, 0.5) is 0 Å². The summed E-state index contributed by atoms with van der Waals surface area (Å²) >= 11 is 0. The van der Waals surface area contributed by atoms with Crippen molar-refractivity contribution in [3.8, 4) is 0 Å². The van der Waals surface area contributed by atoms with E-state index < -0.39 is 5.41 Å². The molecule has 2 unspecified atom stereocenters. The predicted molar refractivity (Wildman–Crippen MR) is 69.5 cm³/mol. The summed E-state index contributed by atoms with van der Waals surface area (Å²) in [6, 6.07) is 0. The smallest absolute Gasteiger partial charge is 0.180 e.